The number of nitrogens with zero attached hydrogens (tertiary/aromatic N) is 1. The van der Waals surface area contributed by atoms with E-state index in [1.165, 1.54) is 0 Å². The highest BCUT2D eigenvalue weighted by Crippen LogP contribution is 2.34. The molecule has 1 heterocycles. The van der Waals surface area contributed by atoms with Crippen molar-refractivity contribution in [1.29, 1.82) is 0 Å². The van der Waals surface area contributed by atoms with Gasteiger partial charge < -0.3 is 14.6 Å². The number of hydrogen-bond acceptors (Lipinski definition) is 4. The summed E-state index contributed by atoms with van der Waals surface area (Å²) in [4.78, 5) is 12.7. The molecule has 0 amide bonds. The van der Waals surface area contributed by atoms with Gasteiger partial charge in [0.2, 0.25) is 0 Å². The first-order valence-electron chi connectivity index (χ1n) is 6.07. The molecule has 0 radical (unpaired) electrons. The largest absolute Gasteiger partial charge is 0.480 e. The molecule has 17 heavy (non-hydrogen) atoms. The summed E-state index contributed by atoms with van der Waals surface area (Å²) >= 11 is 0. The highest BCUT2D eigenvalue weighted by atomic mass is 16.5. The van der Waals surface area contributed by atoms with Gasteiger partial charge in [0, 0.05) is 19.2 Å². The number of methoxy groups -OCH3 is 1. The van der Waals surface area contributed by atoms with Crippen LogP contribution in [0.1, 0.15) is 26.2 Å². The molecule has 1 fully saturated rings. The molecule has 100 valence electrons. The zero-order valence-corrected chi connectivity index (χ0v) is 10.9. The molecule has 1 aliphatic rings. The molecule has 0 aromatic rings. The van der Waals surface area contributed by atoms with Gasteiger partial charge in [0.1, 0.15) is 6.61 Å². The van der Waals surface area contributed by atoms with E-state index in [1.807, 2.05) is 0 Å². The van der Waals surface area contributed by atoms with E-state index in [1.54, 1.807) is 7.11 Å². The molecule has 0 aromatic carbocycles. The average Bonchev–Trinajstić information content (AvgIpc) is 2.54. The molecule has 0 aromatic heterocycles. The minimum atomic E-state index is -0.910. The van der Waals surface area contributed by atoms with Crippen molar-refractivity contribution >= 4 is 5.97 Å². The molecule has 1 N–H and O–H groups in total. The van der Waals surface area contributed by atoms with Gasteiger partial charge in [0.15, 0.2) is 0 Å². The number of likely N-dealkylation sites (tertiary alicyclic amines) is 1. The number of aliphatic carboxylic acids is 1. The van der Waals surface area contributed by atoms with Crippen molar-refractivity contribution in [1.82, 2.24) is 4.90 Å². The summed E-state index contributed by atoms with van der Waals surface area (Å²) in [6, 6.07) is 0. The van der Waals surface area contributed by atoms with Crippen LogP contribution in [0, 0.1) is 0 Å². The zero-order valence-electron chi connectivity index (χ0n) is 10.9. The van der Waals surface area contributed by atoms with Crippen LogP contribution in [0.3, 0.4) is 0 Å². The average molecular weight is 245 g/mol. The lowest BCUT2D eigenvalue weighted by atomic mass is 9.91. The lowest BCUT2D eigenvalue weighted by Crippen LogP contribution is -2.45. The molecule has 2 atom stereocenters. The van der Waals surface area contributed by atoms with Crippen LogP contribution in [0.2, 0.25) is 0 Å². The van der Waals surface area contributed by atoms with E-state index in [0.29, 0.717) is 6.61 Å². The molecular formula is C12H23NO4. The highest BCUT2D eigenvalue weighted by molar-refractivity contribution is 5.68. The third-order valence-electron chi connectivity index (χ3n) is 3.47. The zero-order chi connectivity index (χ0) is 12.9. The summed E-state index contributed by atoms with van der Waals surface area (Å²) < 4.78 is 10.7. The van der Waals surface area contributed by atoms with Crippen LogP contribution >= 0.6 is 0 Å². The standard InChI is InChI=1S/C12H23NO4/c1-4-5-12(9-16-3)6-10(7-13(12)2)17-8-11(14)15/h10H,4-9H2,1-3H3,(H,14,15). The van der Waals surface area contributed by atoms with Crippen molar-refractivity contribution in [2.24, 2.45) is 0 Å². The van der Waals surface area contributed by atoms with Gasteiger partial charge in [-0.05, 0) is 19.9 Å². The van der Waals surface area contributed by atoms with E-state index < -0.39 is 5.97 Å². The molecule has 0 aliphatic carbocycles. The summed E-state index contributed by atoms with van der Waals surface area (Å²) in [6.07, 6.45) is 2.97. The van der Waals surface area contributed by atoms with Crippen molar-refractivity contribution in [3.8, 4) is 0 Å². The minimum absolute atomic E-state index is 0.00204. The van der Waals surface area contributed by atoms with Crippen LogP contribution in [-0.2, 0) is 14.3 Å². The summed E-state index contributed by atoms with van der Waals surface area (Å²) in [5.74, 6) is -0.910. The molecule has 1 rings (SSSR count). The van der Waals surface area contributed by atoms with Gasteiger partial charge in [-0.1, -0.05) is 13.3 Å². The Morgan fingerprint density at radius 2 is 2.29 bits per heavy atom. The second-order valence-corrected chi connectivity index (χ2v) is 4.82. The molecular weight excluding hydrogens is 222 g/mol. The highest BCUT2D eigenvalue weighted by Gasteiger charge is 2.43. The minimum Gasteiger partial charge on any atom is -0.480 e. The van der Waals surface area contributed by atoms with E-state index in [2.05, 4.69) is 18.9 Å². The maximum absolute atomic E-state index is 10.5. The van der Waals surface area contributed by atoms with Crippen LogP contribution < -0.4 is 0 Å². The quantitative estimate of drug-likeness (QED) is 0.724. The smallest absolute Gasteiger partial charge is 0.329 e. The lowest BCUT2D eigenvalue weighted by Gasteiger charge is -2.35. The Kier molecular flexibility index (Phi) is 5.36. The maximum Gasteiger partial charge on any atom is 0.329 e. The molecule has 1 aliphatic heterocycles. The molecule has 5 heteroatoms. The van der Waals surface area contributed by atoms with E-state index in [4.69, 9.17) is 14.6 Å². The number of carboxylic acid groups (broad SMARTS) is 1. The SMILES string of the molecule is CCCC1(COC)CC(OCC(=O)O)CN1C. The molecule has 0 bridgehead atoms. The summed E-state index contributed by atoms with van der Waals surface area (Å²) in [5, 5.41) is 8.61. The Labute approximate surface area is 103 Å². The van der Waals surface area contributed by atoms with Crippen LogP contribution in [0.15, 0.2) is 0 Å². The second kappa shape index (κ2) is 6.33. The molecule has 5 nitrogen and oxygen atoms in total. The van der Waals surface area contributed by atoms with Crippen molar-refractivity contribution in [2.75, 3.05) is 33.9 Å². The first-order valence-corrected chi connectivity index (χ1v) is 6.07. The number of carbonyl (C=O) groups is 1. The van der Waals surface area contributed by atoms with Gasteiger partial charge in [-0.2, -0.15) is 0 Å². The summed E-state index contributed by atoms with van der Waals surface area (Å²) in [7, 11) is 3.76. The van der Waals surface area contributed by atoms with Crippen molar-refractivity contribution in [3.05, 3.63) is 0 Å². The second-order valence-electron chi connectivity index (χ2n) is 4.82. The van der Waals surface area contributed by atoms with Gasteiger partial charge in [-0.3, -0.25) is 4.90 Å². The Bertz CT molecular complexity index is 251. The Balaban J connectivity index is 2.58. The topological polar surface area (TPSA) is 59.0 Å². The number of carboxylic acids is 1. The summed E-state index contributed by atoms with van der Waals surface area (Å²) in [5.41, 5.74) is 0.00662. The molecule has 1 saturated heterocycles. The Hall–Kier alpha value is -0.650. The summed E-state index contributed by atoms with van der Waals surface area (Å²) in [6.45, 7) is 3.38. The third-order valence-corrected chi connectivity index (χ3v) is 3.47. The van der Waals surface area contributed by atoms with Crippen LogP contribution in [0.25, 0.3) is 0 Å². The molecule has 2 unspecified atom stereocenters. The van der Waals surface area contributed by atoms with Gasteiger partial charge >= 0.3 is 5.97 Å². The number of hydrogen-bond donors (Lipinski definition) is 1. The normalized spacial score (nSPS) is 29.7. The van der Waals surface area contributed by atoms with Crippen LogP contribution in [-0.4, -0.2) is 61.5 Å². The van der Waals surface area contributed by atoms with Crippen LogP contribution in [0.4, 0.5) is 0 Å². The van der Waals surface area contributed by atoms with Crippen molar-refractivity contribution < 1.29 is 19.4 Å². The number of rotatable bonds is 7. The maximum atomic E-state index is 10.5. The van der Waals surface area contributed by atoms with E-state index in [0.717, 1.165) is 25.8 Å². The van der Waals surface area contributed by atoms with Gasteiger partial charge in [-0.15, -0.1) is 0 Å². The van der Waals surface area contributed by atoms with Crippen molar-refractivity contribution in [3.63, 3.8) is 0 Å². The predicted molar refractivity (Wildman–Crippen MR) is 64.1 cm³/mol. The van der Waals surface area contributed by atoms with Gasteiger partial charge in [0.05, 0.1) is 12.7 Å². The number of likely N-dealkylation sites (N-methyl/N-ethyl adjacent to an activating group) is 1. The fourth-order valence-electron chi connectivity index (χ4n) is 2.71. The third kappa shape index (κ3) is 3.66. The van der Waals surface area contributed by atoms with Crippen molar-refractivity contribution in [2.45, 2.75) is 37.8 Å². The van der Waals surface area contributed by atoms with Crippen LogP contribution in [0.5, 0.6) is 0 Å². The molecule has 0 spiro atoms. The first-order chi connectivity index (χ1) is 8.04. The fraction of sp³-hybridized carbons (Fsp3) is 0.917. The predicted octanol–water partition coefficient (Wildman–Crippen LogP) is 0.977. The van der Waals surface area contributed by atoms with E-state index in [-0.39, 0.29) is 18.2 Å². The number of ether oxygens (including phenoxy) is 2. The fourth-order valence-corrected chi connectivity index (χ4v) is 2.71. The monoisotopic (exact) mass is 245 g/mol. The Morgan fingerprint density at radius 1 is 1.59 bits per heavy atom. The van der Waals surface area contributed by atoms with E-state index >= 15 is 0 Å². The van der Waals surface area contributed by atoms with Gasteiger partial charge in [0.25, 0.3) is 0 Å². The molecule has 0 saturated carbocycles. The van der Waals surface area contributed by atoms with E-state index in [9.17, 15) is 4.79 Å². The Morgan fingerprint density at radius 3 is 2.82 bits per heavy atom. The van der Waals surface area contributed by atoms with Gasteiger partial charge in [-0.25, -0.2) is 4.79 Å². The first kappa shape index (κ1) is 14.4. The lowest BCUT2D eigenvalue weighted by molar-refractivity contribution is -0.144.